The van der Waals surface area contributed by atoms with Gasteiger partial charge in [-0.05, 0) is 60.0 Å². The number of aromatic amines is 1. The second-order valence-electron chi connectivity index (χ2n) is 7.23. The first-order chi connectivity index (χ1) is 15.6. The van der Waals surface area contributed by atoms with Crippen LogP contribution in [-0.2, 0) is 11.2 Å². The molecule has 0 unspecified atom stereocenters. The highest BCUT2D eigenvalue weighted by Gasteiger charge is 2.08. The van der Waals surface area contributed by atoms with Gasteiger partial charge in [0.2, 0.25) is 0 Å². The zero-order valence-corrected chi connectivity index (χ0v) is 17.6. The fraction of sp³-hybridized carbons (Fsp3) is 0.115. The molecule has 4 rings (SSSR count). The molecule has 0 aliphatic carbocycles. The number of imidazole rings is 1. The van der Waals surface area contributed by atoms with E-state index >= 15 is 0 Å². The predicted octanol–water partition coefficient (Wildman–Crippen LogP) is 5.21. The molecular weight excluding hydrogens is 400 g/mol. The van der Waals surface area contributed by atoms with E-state index in [1.54, 1.807) is 18.2 Å². The van der Waals surface area contributed by atoms with Crippen molar-refractivity contribution in [3.05, 3.63) is 89.7 Å². The van der Waals surface area contributed by atoms with Gasteiger partial charge in [0.15, 0.2) is 6.61 Å². The Kier molecular flexibility index (Phi) is 6.28. The molecule has 6 nitrogen and oxygen atoms in total. The van der Waals surface area contributed by atoms with Crippen molar-refractivity contribution in [2.75, 3.05) is 11.9 Å². The number of allylic oxidation sites excluding steroid dienone is 1. The van der Waals surface area contributed by atoms with E-state index < -0.39 is 0 Å². The van der Waals surface area contributed by atoms with Crippen molar-refractivity contribution in [2.45, 2.75) is 13.3 Å². The van der Waals surface area contributed by atoms with Gasteiger partial charge < -0.3 is 15.0 Å². The van der Waals surface area contributed by atoms with Crippen molar-refractivity contribution in [1.82, 2.24) is 9.97 Å². The number of H-pyrrole nitrogens is 1. The van der Waals surface area contributed by atoms with Crippen LogP contribution in [0.5, 0.6) is 5.75 Å². The van der Waals surface area contributed by atoms with Gasteiger partial charge in [0.05, 0.1) is 16.6 Å². The molecule has 0 radical (unpaired) electrons. The number of nitrogens with one attached hydrogen (secondary N) is 2. The zero-order valence-electron chi connectivity index (χ0n) is 17.6. The number of hydrogen-bond acceptors (Lipinski definition) is 4. The molecule has 1 amide bonds. The molecule has 0 bridgehead atoms. The lowest BCUT2D eigenvalue weighted by molar-refractivity contribution is -0.118. The molecule has 0 atom stereocenters. The summed E-state index contributed by atoms with van der Waals surface area (Å²) in [6.07, 6.45) is 2.71. The number of aryl methyl sites for hydroxylation is 1. The van der Waals surface area contributed by atoms with E-state index in [1.165, 1.54) is 5.56 Å². The van der Waals surface area contributed by atoms with E-state index in [-0.39, 0.29) is 12.5 Å². The first-order valence-electron chi connectivity index (χ1n) is 10.3. The molecule has 0 saturated carbocycles. The maximum atomic E-state index is 12.1. The molecule has 0 saturated heterocycles. The molecule has 0 aliphatic rings. The number of benzene rings is 3. The molecule has 6 heteroatoms. The van der Waals surface area contributed by atoms with Gasteiger partial charge in [0.25, 0.3) is 5.91 Å². The topological polar surface area (TPSA) is 90.8 Å². The summed E-state index contributed by atoms with van der Waals surface area (Å²) in [5.41, 5.74) is 4.91. The van der Waals surface area contributed by atoms with Gasteiger partial charge >= 0.3 is 0 Å². The monoisotopic (exact) mass is 422 g/mol. The lowest BCUT2D eigenvalue weighted by atomic mass is 10.1. The van der Waals surface area contributed by atoms with Crippen molar-refractivity contribution in [1.29, 1.82) is 5.26 Å². The quantitative estimate of drug-likeness (QED) is 0.400. The molecular formula is C26H22N4O2. The minimum atomic E-state index is -0.227. The van der Waals surface area contributed by atoms with Gasteiger partial charge in [-0.1, -0.05) is 43.3 Å². The Hall–Kier alpha value is -4.37. The minimum absolute atomic E-state index is 0.0901. The van der Waals surface area contributed by atoms with E-state index in [2.05, 4.69) is 28.3 Å². The minimum Gasteiger partial charge on any atom is -0.484 e. The van der Waals surface area contributed by atoms with Crippen LogP contribution in [0, 0.1) is 11.3 Å². The number of nitriles is 1. The summed E-state index contributed by atoms with van der Waals surface area (Å²) < 4.78 is 5.58. The number of aromatic nitrogens is 2. The number of anilines is 1. The van der Waals surface area contributed by atoms with Crippen LogP contribution < -0.4 is 10.1 Å². The first-order valence-corrected chi connectivity index (χ1v) is 10.3. The molecule has 0 spiro atoms. The van der Waals surface area contributed by atoms with Crippen LogP contribution >= 0.6 is 0 Å². The van der Waals surface area contributed by atoms with Gasteiger partial charge in [-0.25, -0.2) is 4.98 Å². The summed E-state index contributed by atoms with van der Waals surface area (Å²) in [5, 5.41) is 12.4. The number of ether oxygens (including phenoxy) is 1. The second kappa shape index (κ2) is 9.63. The van der Waals surface area contributed by atoms with Crippen LogP contribution in [0.15, 0.2) is 72.8 Å². The SMILES string of the molecule is CCc1ccc(NC(=O)COc2ccc(/C=C(\C#N)c3nc4ccccc4[nH]3)cc2)cc1. The normalized spacial score (nSPS) is 11.2. The van der Waals surface area contributed by atoms with Crippen LogP contribution in [-0.4, -0.2) is 22.5 Å². The third-order valence-electron chi connectivity index (χ3n) is 4.97. The zero-order chi connectivity index (χ0) is 22.3. The maximum Gasteiger partial charge on any atom is 0.262 e. The summed E-state index contributed by atoms with van der Waals surface area (Å²) >= 11 is 0. The van der Waals surface area contributed by atoms with E-state index in [9.17, 15) is 10.1 Å². The Labute approximate surface area is 186 Å². The number of hydrogen-bond donors (Lipinski definition) is 2. The van der Waals surface area contributed by atoms with E-state index in [1.807, 2.05) is 60.7 Å². The van der Waals surface area contributed by atoms with Crippen molar-refractivity contribution < 1.29 is 9.53 Å². The van der Waals surface area contributed by atoms with Gasteiger partial charge in [-0.15, -0.1) is 0 Å². The fourth-order valence-corrected chi connectivity index (χ4v) is 3.23. The maximum absolute atomic E-state index is 12.1. The Morgan fingerprint density at radius 2 is 1.84 bits per heavy atom. The summed E-state index contributed by atoms with van der Waals surface area (Å²) in [4.78, 5) is 19.8. The van der Waals surface area contributed by atoms with Crippen LogP contribution in [0.25, 0.3) is 22.7 Å². The van der Waals surface area contributed by atoms with E-state index in [0.717, 1.165) is 28.7 Å². The summed E-state index contributed by atoms with van der Waals surface area (Å²) in [5.74, 6) is 0.869. The van der Waals surface area contributed by atoms with Gasteiger partial charge in [0, 0.05) is 5.69 Å². The molecule has 4 aromatic rings. The molecule has 2 N–H and O–H groups in total. The number of rotatable bonds is 7. The number of carbonyl (C=O) groups is 1. The number of para-hydroxylation sites is 2. The smallest absolute Gasteiger partial charge is 0.262 e. The van der Waals surface area contributed by atoms with Gasteiger partial charge in [-0.3, -0.25) is 4.79 Å². The molecule has 3 aromatic carbocycles. The van der Waals surface area contributed by atoms with E-state index in [0.29, 0.717) is 17.1 Å². The highest BCUT2D eigenvalue weighted by molar-refractivity contribution is 5.92. The van der Waals surface area contributed by atoms with Crippen molar-refractivity contribution in [3.63, 3.8) is 0 Å². The third-order valence-corrected chi connectivity index (χ3v) is 4.97. The van der Waals surface area contributed by atoms with Gasteiger partial charge in [0.1, 0.15) is 17.6 Å². The van der Waals surface area contributed by atoms with Gasteiger partial charge in [-0.2, -0.15) is 5.26 Å². The summed E-state index contributed by atoms with van der Waals surface area (Å²) in [7, 11) is 0. The van der Waals surface area contributed by atoms with Crippen LogP contribution in [0.4, 0.5) is 5.69 Å². The van der Waals surface area contributed by atoms with Crippen LogP contribution in [0.1, 0.15) is 23.9 Å². The molecule has 158 valence electrons. The van der Waals surface area contributed by atoms with Crippen LogP contribution in [0.2, 0.25) is 0 Å². The lowest BCUT2D eigenvalue weighted by Gasteiger charge is -2.08. The molecule has 1 aromatic heterocycles. The van der Waals surface area contributed by atoms with Crippen LogP contribution in [0.3, 0.4) is 0 Å². The van der Waals surface area contributed by atoms with Crippen molar-refractivity contribution >= 4 is 34.3 Å². The third kappa shape index (κ3) is 5.02. The summed E-state index contributed by atoms with van der Waals surface area (Å²) in [6, 6.07) is 24.8. The number of carbonyl (C=O) groups excluding carboxylic acids is 1. The first kappa shape index (κ1) is 20.9. The number of nitrogens with zero attached hydrogens (tertiary/aromatic N) is 2. The average molecular weight is 422 g/mol. The lowest BCUT2D eigenvalue weighted by Crippen LogP contribution is -2.20. The van der Waals surface area contributed by atoms with Crippen molar-refractivity contribution in [2.24, 2.45) is 0 Å². The molecule has 0 fully saturated rings. The Morgan fingerprint density at radius 3 is 2.53 bits per heavy atom. The second-order valence-corrected chi connectivity index (χ2v) is 7.23. The molecule has 32 heavy (non-hydrogen) atoms. The highest BCUT2D eigenvalue weighted by atomic mass is 16.5. The largest absolute Gasteiger partial charge is 0.484 e. The number of fused-ring (bicyclic) bond motifs is 1. The summed E-state index contributed by atoms with van der Waals surface area (Å²) in [6.45, 7) is 2.00. The fourth-order valence-electron chi connectivity index (χ4n) is 3.23. The predicted molar refractivity (Wildman–Crippen MR) is 126 cm³/mol. The molecule has 1 heterocycles. The van der Waals surface area contributed by atoms with E-state index in [4.69, 9.17) is 4.74 Å². The Bertz CT molecular complexity index is 1260. The Balaban J connectivity index is 1.37. The number of amides is 1. The Morgan fingerprint density at radius 1 is 1.09 bits per heavy atom. The standard InChI is InChI=1S/C26H22N4O2/c1-2-18-7-11-21(12-8-18)28-25(31)17-32-22-13-9-19(10-14-22)15-20(16-27)26-29-23-5-3-4-6-24(23)30-26/h3-15H,2,17H2,1H3,(H,28,31)(H,29,30)/b20-15+. The van der Waals surface area contributed by atoms with Crippen molar-refractivity contribution in [3.8, 4) is 11.8 Å². The highest BCUT2D eigenvalue weighted by Crippen LogP contribution is 2.20. The molecule has 0 aliphatic heterocycles. The average Bonchev–Trinajstić information content (AvgIpc) is 3.26.